The molecule has 1 atom stereocenters. The highest BCUT2D eigenvalue weighted by atomic mass is 127. The molecule has 0 aromatic heterocycles. The minimum absolute atomic E-state index is 0. The summed E-state index contributed by atoms with van der Waals surface area (Å²) in [6.07, 6.45) is 1.02. The highest BCUT2D eigenvalue weighted by Gasteiger charge is 2.22. The molecule has 0 radical (unpaired) electrons. The van der Waals surface area contributed by atoms with Gasteiger partial charge in [0.1, 0.15) is 11.9 Å². The van der Waals surface area contributed by atoms with E-state index in [4.69, 9.17) is 10.00 Å². The van der Waals surface area contributed by atoms with Crippen LogP contribution in [0.3, 0.4) is 0 Å². The van der Waals surface area contributed by atoms with E-state index in [-0.39, 0.29) is 30.1 Å². The van der Waals surface area contributed by atoms with E-state index in [1.165, 1.54) is 5.56 Å². The Bertz CT molecular complexity index is 775. The fourth-order valence-electron chi connectivity index (χ4n) is 2.83. The second-order valence-corrected chi connectivity index (χ2v) is 5.94. The Balaban J connectivity index is 0.00000243. The molecule has 2 aromatic carbocycles. The third kappa shape index (κ3) is 5.36. The van der Waals surface area contributed by atoms with E-state index >= 15 is 0 Å². The number of nitrogens with zero attached hydrogens (tertiary/aromatic N) is 2. The Morgan fingerprint density at radius 1 is 1.23 bits per heavy atom. The number of ether oxygens (including phenoxy) is 1. The van der Waals surface area contributed by atoms with Crippen LogP contribution in [0, 0.1) is 11.3 Å². The highest BCUT2D eigenvalue weighted by molar-refractivity contribution is 14.0. The maximum absolute atomic E-state index is 8.98. The fraction of sp³-hybridized carbons (Fsp3) is 0.300. The van der Waals surface area contributed by atoms with Crippen molar-refractivity contribution in [2.24, 2.45) is 4.99 Å². The van der Waals surface area contributed by atoms with Crippen LogP contribution in [-0.2, 0) is 13.0 Å². The molecule has 0 aliphatic carbocycles. The quantitative estimate of drug-likeness (QED) is 0.407. The van der Waals surface area contributed by atoms with Crippen LogP contribution in [0.1, 0.15) is 23.6 Å². The van der Waals surface area contributed by atoms with Gasteiger partial charge in [0.2, 0.25) is 0 Å². The SMILES string of the molecule is CCNC(=NCc1cccc(C#N)c1)NCC1Cc2ccccc2O1.I. The van der Waals surface area contributed by atoms with E-state index < -0.39 is 0 Å². The topological polar surface area (TPSA) is 69.4 Å². The minimum Gasteiger partial charge on any atom is -0.488 e. The molecular weight excluding hydrogens is 439 g/mol. The van der Waals surface area contributed by atoms with Crippen molar-refractivity contribution >= 4 is 29.9 Å². The number of benzene rings is 2. The van der Waals surface area contributed by atoms with Crippen LogP contribution in [0.4, 0.5) is 0 Å². The first kappa shape index (κ1) is 20.0. The molecule has 2 aromatic rings. The summed E-state index contributed by atoms with van der Waals surface area (Å²) in [5.41, 5.74) is 2.92. The van der Waals surface area contributed by atoms with E-state index in [1.54, 1.807) is 6.07 Å². The maximum atomic E-state index is 8.98. The van der Waals surface area contributed by atoms with E-state index in [9.17, 15) is 0 Å². The molecule has 0 spiro atoms. The summed E-state index contributed by atoms with van der Waals surface area (Å²) in [5, 5.41) is 15.6. The van der Waals surface area contributed by atoms with Crippen molar-refractivity contribution in [1.82, 2.24) is 10.6 Å². The van der Waals surface area contributed by atoms with Crippen molar-refractivity contribution in [3.05, 3.63) is 65.2 Å². The Hall–Kier alpha value is -2.27. The van der Waals surface area contributed by atoms with Crippen LogP contribution in [0.5, 0.6) is 5.75 Å². The number of para-hydroxylation sites is 1. The van der Waals surface area contributed by atoms with Crippen LogP contribution < -0.4 is 15.4 Å². The van der Waals surface area contributed by atoms with Crippen molar-refractivity contribution in [3.8, 4) is 11.8 Å². The smallest absolute Gasteiger partial charge is 0.191 e. The summed E-state index contributed by atoms with van der Waals surface area (Å²) >= 11 is 0. The van der Waals surface area contributed by atoms with Crippen molar-refractivity contribution in [2.45, 2.75) is 26.0 Å². The summed E-state index contributed by atoms with van der Waals surface area (Å²) in [6.45, 7) is 4.04. The number of halogens is 1. The summed E-state index contributed by atoms with van der Waals surface area (Å²) in [7, 11) is 0. The molecule has 0 bridgehead atoms. The van der Waals surface area contributed by atoms with Gasteiger partial charge in [-0.2, -0.15) is 5.26 Å². The molecule has 2 N–H and O–H groups in total. The van der Waals surface area contributed by atoms with Gasteiger partial charge in [-0.15, -0.1) is 24.0 Å². The van der Waals surface area contributed by atoms with Gasteiger partial charge in [-0.1, -0.05) is 30.3 Å². The second kappa shape index (κ2) is 10.0. The van der Waals surface area contributed by atoms with Gasteiger partial charge in [0, 0.05) is 13.0 Å². The van der Waals surface area contributed by atoms with Gasteiger partial charge in [0.15, 0.2) is 5.96 Å². The summed E-state index contributed by atoms with van der Waals surface area (Å²) in [5.74, 6) is 1.73. The Morgan fingerprint density at radius 3 is 2.85 bits per heavy atom. The van der Waals surface area contributed by atoms with Crippen molar-refractivity contribution in [1.29, 1.82) is 5.26 Å². The predicted molar refractivity (Wildman–Crippen MR) is 114 cm³/mol. The number of hydrogen-bond acceptors (Lipinski definition) is 3. The first-order valence-corrected chi connectivity index (χ1v) is 8.54. The zero-order chi connectivity index (χ0) is 17.5. The number of rotatable bonds is 5. The lowest BCUT2D eigenvalue weighted by Gasteiger charge is -2.15. The fourth-order valence-corrected chi connectivity index (χ4v) is 2.83. The summed E-state index contributed by atoms with van der Waals surface area (Å²) in [6, 6.07) is 17.8. The molecule has 0 fully saturated rings. The molecule has 5 nitrogen and oxygen atoms in total. The number of nitrogens with one attached hydrogen (secondary N) is 2. The first-order valence-electron chi connectivity index (χ1n) is 8.54. The van der Waals surface area contributed by atoms with Crippen LogP contribution in [-0.4, -0.2) is 25.2 Å². The molecule has 1 aliphatic rings. The molecule has 1 heterocycles. The van der Waals surface area contributed by atoms with Gasteiger partial charge in [0.25, 0.3) is 0 Å². The molecule has 3 rings (SSSR count). The van der Waals surface area contributed by atoms with Crippen molar-refractivity contribution in [3.63, 3.8) is 0 Å². The minimum atomic E-state index is 0. The van der Waals surface area contributed by atoms with Gasteiger partial charge in [-0.25, -0.2) is 4.99 Å². The highest BCUT2D eigenvalue weighted by Crippen LogP contribution is 2.27. The van der Waals surface area contributed by atoms with Crippen LogP contribution in [0.15, 0.2) is 53.5 Å². The standard InChI is InChI=1S/C20H22N4O.HI/c1-2-22-20(23-13-16-7-5-6-15(10-16)12-21)24-14-18-11-17-8-3-4-9-19(17)25-18;/h3-10,18H,2,11,13-14H2,1H3,(H2,22,23,24);1H. The zero-order valence-corrected chi connectivity index (χ0v) is 17.1. The zero-order valence-electron chi connectivity index (χ0n) is 14.7. The average Bonchev–Trinajstić information content (AvgIpc) is 3.07. The largest absolute Gasteiger partial charge is 0.488 e. The Kier molecular flexibility index (Phi) is 7.73. The lowest BCUT2D eigenvalue weighted by Crippen LogP contribution is -2.42. The van der Waals surface area contributed by atoms with Gasteiger partial charge in [-0.3, -0.25) is 0 Å². The number of fused-ring (bicyclic) bond motifs is 1. The third-order valence-corrected chi connectivity index (χ3v) is 4.03. The monoisotopic (exact) mass is 462 g/mol. The van der Waals surface area contributed by atoms with Crippen LogP contribution >= 0.6 is 24.0 Å². The van der Waals surface area contributed by atoms with E-state index in [1.807, 2.05) is 43.3 Å². The van der Waals surface area contributed by atoms with Crippen molar-refractivity contribution in [2.75, 3.05) is 13.1 Å². The molecular formula is C20H23IN4O. The van der Waals surface area contributed by atoms with Gasteiger partial charge >= 0.3 is 0 Å². The van der Waals surface area contributed by atoms with Crippen LogP contribution in [0.25, 0.3) is 0 Å². The summed E-state index contributed by atoms with van der Waals surface area (Å²) in [4.78, 5) is 4.60. The number of aliphatic imine (C=N–C) groups is 1. The van der Waals surface area contributed by atoms with Crippen LogP contribution in [0.2, 0.25) is 0 Å². The lowest BCUT2D eigenvalue weighted by atomic mass is 10.1. The molecule has 1 unspecified atom stereocenters. The molecule has 0 saturated heterocycles. The second-order valence-electron chi connectivity index (χ2n) is 5.94. The Morgan fingerprint density at radius 2 is 2.08 bits per heavy atom. The van der Waals surface area contributed by atoms with E-state index in [2.05, 4.69) is 27.8 Å². The molecule has 6 heteroatoms. The number of hydrogen-bond donors (Lipinski definition) is 2. The van der Waals surface area contributed by atoms with Gasteiger partial charge < -0.3 is 15.4 Å². The molecule has 0 saturated carbocycles. The first-order chi connectivity index (χ1) is 12.3. The maximum Gasteiger partial charge on any atom is 0.191 e. The normalized spacial score (nSPS) is 15.2. The number of nitriles is 1. The summed E-state index contributed by atoms with van der Waals surface area (Å²) < 4.78 is 5.95. The van der Waals surface area contributed by atoms with E-state index in [0.29, 0.717) is 18.7 Å². The Labute approximate surface area is 171 Å². The van der Waals surface area contributed by atoms with Crippen molar-refractivity contribution < 1.29 is 4.74 Å². The molecule has 136 valence electrons. The molecule has 0 amide bonds. The third-order valence-electron chi connectivity index (χ3n) is 4.03. The molecule has 1 aliphatic heterocycles. The lowest BCUT2D eigenvalue weighted by molar-refractivity contribution is 0.235. The predicted octanol–water partition coefficient (Wildman–Crippen LogP) is 3.24. The molecule has 26 heavy (non-hydrogen) atoms. The van der Waals surface area contributed by atoms with E-state index in [0.717, 1.165) is 30.2 Å². The van der Waals surface area contributed by atoms with Gasteiger partial charge in [0.05, 0.1) is 24.7 Å². The average molecular weight is 462 g/mol. The van der Waals surface area contributed by atoms with Gasteiger partial charge in [-0.05, 0) is 36.2 Å². The number of guanidine groups is 1.